The van der Waals surface area contributed by atoms with Crippen LogP contribution in [0, 0.1) is 10.1 Å². The molecule has 20 heavy (non-hydrogen) atoms. The van der Waals surface area contributed by atoms with Crippen molar-refractivity contribution in [2.24, 2.45) is 0 Å². The second-order valence-electron chi connectivity index (χ2n) is 4.36. The molecule has 6 heteroatoms. The molecule has 1 N–H and O–H groups in total. The molecule has 0 amide bonds. The summed E-state index contributed by atoms with van der Waals surface area (Å²) in [5, 5.41) is 14.4. The number of hydrogen-bond donors (Lipinski definition) is 1. The average molecular weight is 311 g/mol. The van der Waals surface area contributed by atoms with Gasteiger partial charge in [0.2, 0.25) is 0 Å². The number of aryl methyl sites for hydroxylation is 1. The number of benzene rings is 1. The van der Waals surface area contributed by atoms with Gasteiger partial charge < -0.3 is 5.32 Å². The van der Waals surface area contributed by atoms with Gasteiger partial charge in [0.1, 0.15) is 0 Å². The Bertz CT molecular complexity index is 613. The number of rotatable bonds is 6. The molecule has 0 saturated carbocycles. The van der Waals surface area contributed by atoms with E-state index in [1.165, 1.54) is 21.9 Å². The Labute approximate surface area is 126 Å². The van der Waals surface area contributed by atoms with Crippen molar-refractivity contribution in [3.63, 3.8) is 0 Å². The third-order valence-corrected chi connectivity index (χ3v) is 4.51. The van der Waals surface area contributed by atoms with Crippen LogP contribution in [0.1, 0.15) is 22.2 Å². The fourth-order valence-corrected chi connectivity index (χ4v) is 2.99. The van der Waals surface area contributed by atoms with E-state index in [2.05, 4.69) is 24.4 Å². The normalized spacial score (nSPS) is 10.7. The first kappa shape index (κ1) is 15.0. The lowest BCUT2D eigenvalue weighted by Crippen LogP contribution is -2.12. The van der Waals surface area contributed by atoms with Gasteiger partial charge in [0, 0.05) is 35.0 Å². The Hall–Kier alpha value is -1.43. The number of non-ortho nitro benzene ring substituents is 1. The molecule has 2 rings (SSSR count). The van der Waals surface area contributed by atoms with E-state index in [-0.39, 0.29) is 5.69 Å². The van der Waals surface area contributed by atoms with Crippen molar-refractivity contribution in [3.8, 4) is 0 Å². The van der Waals surface area contributed by atoms with Crippen molar-refractivity contribution < 1.29 is 4.92 Å². The molecular weight excluding hydrogens is 296 g/mol. The van der Waals surface area contributed by atoms with Gasteiger partial charge in [-0.1, -0.05) is 18.5 Å². The molecule has 0 fully saturated rings. The van der Waals surface area contributed by atoms with E-state index in [1.807, 2.05) is 0 Å². The SMILES string of the molecule is CCc1ccc(CNCc2ccc([N+](=O)[O-])cc2Cl)s1. The maximum Gasteiger partial charge on any atom is 0.270 e. The largest absolute Gasteiger partial charge is 0.308 e. The number of halogens is 1. The Kier molecular flexibility index (Phi) is 5.11. The lowest BCUT2D eigenvalue weighted by Gasteiger charge is -2.05. The summed E-state index contributed by atoms with van der Waals surface area (Å²) >= 11 is 7.83. The van der Waals surface area contributed by atoms with Crippen LogP contribution >= 0.6 is 22.9 Å². The number of nitro groups is 1. The Morgan fingerprint density at radius 2 is 2.00 bits per heavy atom. The number of nitrogens with one attached hydrogen (secondary N) is 1. The van der Waals surface area contributed by atoms with Gasteiger partial charge in [-0.15, -0.1) is 11.3 Å². The highest BCUT2D eigenvalue weighted by molar-refractivity contribution is 7.11. The maximum absolute atomic E-state index is 10.6. The zero-order valence-corrected chi connectivity index (χ0v) is 12.6. The van der Waals surface area contributed by atoms with E-state index in [0.717, 1.165) is 18.5 Å². The molecule has 0 saturated heterocycles. The fourth-order valence-electron chi connectivity index (χ4n) is 1.82. The number of hydrogen-bond acceptors (Lipinski definition) is 4. The summed E-state index contributed by atoms with van der Waals surface area (Å²) in [6.07, 6.45) is 1.05. The van der Waals surface area contributed by atoms with Gasteiger partial charge in [-0.05, 0) is 30.2 Å². The average Bonchev–Trinajstić information content (AvgIpc) is 2.88. The number of nitrogens with zero attached hydrogens (tertiary/aromatic N) is 1. The maximum atomic E-state index is 10.6. The molecular formula is C14H15ClN2O2S. The molecule has 0 aliphatic rings. The second-order valence-corrected chi connectivity index (χ2v) is 6.02. The molecule has 2 aromatic rings. The van der Waals surface area contributed by atoms with Crippen molar-refractivity contribution in [3.05, 3.63) is 60.8 Å². The summed E-state index contributed by atoms with van der Waals surface area (Å²) in [6.45, 7) is 3.51. The molecule has 0 spiro atoms. The smallest absolute Gasteiger partial charge is 0.270 e. The molecule has 1 heterocycles. The first-order valence-electron chi connectivity index (χ1n) is 6.31. The summed E-state index contributed by atoms with van der Waals surface area (Å²) in [7, 11) is 0. The van der Waals surface area contributed by atoms with Crippen LogP contribution in [0.3, 0.4) is 0 Å². The van der Waals surface area contributed by atoms with E-state index in [1.54, 1.807) is 17.4 Å². The van der Waals surface area contributed by atoms with Gasteiger partial charge >= 0.3 is 0 Å². The first-order chi connectivity index (χ1) is 9.60. The van der Waals surface area contributed by atoms with E-state index < -0.39 is 4.92 Å². The molecule has 1 aromatic heterocycles. The van der Waals surface area contributed by atoms with Crippen molar-refractivity contribution in [1.29, 1.82) is 0 Å². The molecule has 0 bridgehead atoms. The number of nitro benzene ring substituents is 1. The van der Waals surface area contributed by atoms with Gasteiger partial charge in [0.25, 0.3) is 5.69 Å². The van der Waals surface area contributed by atoms with Gasteiger partial charge in [0.15, 0.2) is 0 Å². The Balaban J connectivity index is 1.92. The summed E-state index contributed by atoms with van der Waals surface area (Å²) in [5.74, 6) is 0. The summed E-state index contributed by atoms with van der Waals surface area (Å²) in [6, 6.07) is 8.82. The Morgan fingerprint density at radius 3 is 2.60 bits per heavy atom. The molecule has 0 aliphatic carbocycles. The van der Waals surface area contributed by atoms with Crippen molar-refractivity contribution in [2.45, 2.75) is 26.4 Å². The molecule has 0 unspecified atom stereocenters. The van der Waals surface area contributed by atoms with Crippen LogP contribution in [0.25, 0.3) is 0 Å². The third kappa shape index (κ3) is 3.79. The summed E-state index contributed by atoms with van der Waals surface area (Å²) < 4.78 is 0. The van der Waals surface area contributed by atoms with E-state index in [9.17, 15) is 10.1 Å². The topological polar surface area (TPSA) is 55.2 Å². The minimum absolute atomic E-state index is 0.0181. The minimum Gasteiger partial charge on any atom is -0.308 e. The monoisotopic (exact) mass is 310 g/mol. The molecule has 4 nitrogen and oxygen atoms in total. The predicted molar refractivity (Wildman–Crippen MR) is 82.3 cm³/mol. The van der Waals surface area contributed by atoms with E-state index in [0.29, 0.717) is 11.6 Å². The first-order valence-corrected chi connectivity index (χ1v) is 7.50. The van der Waals surface area contributed by atoms with Crippen LogP contribution < -0.4 is 5.32 Å². The van der Waals surface area contributed by atoms with Crippen LogP contribution in [-0.2, 0) is 19.5 Å². The van der Waals surface area contributed by atoms with E-state index >= 15 is 0 Å². The van der Waals surface area contributed by atoms with Gasteiger partial charge in [0.05, 0.1) is 9.95 Å². The standard InChI is InChI=1S/C14H15ClN2O2S/c1-2-12-5-6-13(20-12)9-16-8-10-3-4-11(17(18)19)7-14(10)15/h3-7,16H,2,8-9H2,1H3. The summed E-state index contributed by atoms with van der Waals surface area (Å²) in [5.41, 5.74) is 0.883. The second kappa shape index (κ2) is 6.83. The highest BCUT2D eigenvalue weighted by atomic mass is 35.5. The highest BCUT2D eigenvalue weighted by Crippen LogP contribution is 2.22. The van der Waals surface area contributed by atoms with Gasteiger partial charge in [-0.2, -0.15) is 0 Å². The molecule has 106 valence electrons. The van der Waals surface area contributed by atoms with Gasteiger partial charge in [-0.25, -0.2) is 0 Å². The van der Waals surface area contributed by atoms with Crippen LogP contribution in [0.2, 0.25) is 5.02 Å². The summed E-state index contributed by atoms with van der Waals surface area (Å²) in [4.78, 5) is 12.8. The lowest BCUT2D eigenvalue weighted by molar-refractivity contribution is -0.384. The molecule has 0 atom stereocenters. The quantitative estimate of drug-likeness (QED) is 0.644. The van der Waals surface area contributed by atoms with Crippen LogP contribution in [0.15, 0.2) is 30.3 Å². The Morgan fingerprint density at radius 1 is 1.25 bits per heavy atom. The third-order valence-electron chi connectivity index (χ3n) is 2.93. The lowest BCUT2D eigenvalue weighted by atomic mass is 10.2. The predicted octanol–water partition coefficient (Wildman–Crippen LogP) is 4.16. The zero-order chi connectivity index (χ0) is 14.5. The van der Waals surface area contributed by atoms with E-state index in [4.69, 9.17) is 11.6 Å². The zero-order valence-electron chi connectivity index (χ0n) is 11.1. The number of thiophene rings is 1. The molecule has 1 aromatic carbocycles. The molecule has 0 radical (unpaired) electrons. The van der Waals surface area contributed by atoms with Crippen molar-refractivity contribution >= 4 is 28.6 Å². The van der Waals surface area contributed by atoms with Crippen molar-refractivity contribution in [1.82, 2.24) is 5.32 Å². The highest BCUT2D eigenvalue weighted by Gasteiger charge is 2.09. The molecule has 0 aliphatic heterocycles. The van der Waals surface area contributed by atoms with Crippen LogP contribution in [0.4, 0.5) is 5.69 Å². The van der Waals surface area contributed by atoms with Crippen LogP contribution in [-0.4, -0.2) is 4.92 Å². The van der Waals surface area contributed by atoms with Crippen molar-refractivity contribution in [2.75, 3.05) is 0 Å². The van der Waals surface area contributed by atoms with Gasteiger partial charge in [-0.3, -0.25) is 10.1 Å². The van der Waals surface area contributed by atoms with Crippen LogP contribution in [0.5, 0.6) is 0 Å². The minimum atomic E-state index is -0.443. The fraction of sp³-hybridized carbons (Fsp3) is 0.286.